The van der Waals surface area contributed by atoms with Crippen LogP contribution in [0, 0.1) is 17.8 Å². The number of ether oxygens (including phenoxy) is 3. The number of aromatic nitrogens is 1. The number of esters is 1. The molecule has 1 aromatic heterocycles. The van der Waals surface area contributed by atoms with Crippen molar-refractivity contribution in [2.75, 3.05) is 19.0 Å². The van der Waals surface area contributed by atoms with Crippen molar-refractivity contribution in [2.45, 2.75) is 78.4 Å². The Bertz CT molecular complexity index is 1850. The van der Waals surface area contributed by atoms with Gasteiger partial charge in [0.2, 0.25) is 0 Å². The molecule has 2 aliphatic carbocycles. The molecule has 0 saturated heterocycles. The Morgan fingerprint density at radius 1 is 0.898 bits per heavy atom. The van der Waals surface area contributed by atoms with Crippen LogP contribution in [0.3, 0.4) is 0 Å². The van der Waals surface area contributed by atoms with Crippen LogP contribution in [0.25, 0.3) is 10.8 Å². The first-order chi connectivity index (χ1) is 23.6. The van der Waals surface area contributed by atoms with Crippen LogP contribution >= 0.6 is 0 Å². The van der Waals surface area contributed by atoms with E-state index in [-0.39, 0.29) is 35.6 Å². The molecule has 256 valence electrons. The summed E-state index contributed by atoms with van der Waals surface area (Å²) in [5.74, 6) is 0.0581. The van der Waals surface area contributed by atoms with E-state index in [9.17, 15) is 14.4 Å². The average molecular weight is 664 g/mol. The highest BCUT2D eigenvalue weighted by Gasteiger charge is 2.40. The highest BCUT2D eigenvalue weighted by Crippen LogP contribution is 2.41. The first-order valence-electron chi connectivity index (χ1n) is 17.1. The Kier molecular flexibility index (Phi) is 9.90. The van der Waals surface area contributed by atoms with E-state index in [1.54, 1.807) is 18.2 Å². The lowest BCUT2D eigenvalue weighted by atomic mass is 9.70. The molecule has 0 aliphatic heterocycles. The highest BCUT2D eigenvalue weighted by molar-refractivity contribution is 6.10. The number of hydrogen-bond donors (Lipinski definition) is 2. The molecule has 4 aromatic rings. The number of amides is 2. The van der Waals surface area contributed by atoms with Gasteiger partial charge in [-0.25, -0.2) is 0 Å². The lowest BCUT2D eigenvalue weighted by molar-refractivity contribution is -0.159. The van der Waals surface area contributed by atoms with Gasteiger partial charge in [0.05, 0.1) is 41.6 Å². The normalized spacial score (nSPS) is 19.7. The van der Waals surface area contributed by atoms with Crippen molar-refractivity contribution >= 4 is 34.2 Å². The molecular weight excluding hydrogens is 618 g/mol. The number of carbonyl (C=O) groups excluding carboxylic acids is 3. The van der Waals surface area contributed by atoms with Gasteiger partial charge in [-0.05, 0) is 97.9 Å². The van der Waals surface area contributed by atoms with Crippen LogP contribution in [-0.2, 0) is 16.1 Å². The van der Waals surface area contributed by atoms with Gasteiger partial charge in [0.1, 0.15) is 18.1 Å². The third-order valence-electron chi connectivity index (χ3n) is 10.4. The van der Waals surface area contributed by atoms with Crippen LogP contribution < -0.4 is 20.1 Å². The number of aryl methyl sites for hydroxylation is 1. The first-order valence-corrected chi connectivity index (χ1v) is 17.1. The molecule has 6 rings (SSSR count). The quantitative estimate of drug-likeness (QED) is 0.157. The zero-order valence-corrected chi connectivity index (χ0v) is 28.8. The molecule has 9 heteroatoms. The van der Waals surface area contributed by atoms with Gasteiger partial charge >= 0.3 is 5.97 Å². The number of nitrogens with one attached hydrogen (secondary N) is 2. The van der Waals surface area contributed by atoms with Crippen LogP contribution in [0.15, 0.2) is 73.1 Å². The summed E-state index contributed by atoms with van der Waals surface area (Å²) in [7, 11) is 1.51. The summed E-state index contributed by atoms with van der Waals surface area (Å²) in [6.45, 7) is 6.86. The number of hydrogen-bond acceptors (Lipinski definition) is 7. The summed E-state index contributed by atoms with van der Waals surface area (Å²) in [4.78, 5) is 44.2. The summed E-state index contributed by atoms with van der Waals surface area (Å²) in [6.07, 6.45) is 8.81. The van der Waals surface area contributed by atoms with Gasteiger partial charge in [-0.1, -0.05) is 55.8 Å². The highest BCUT2D eigenvalue weighted by atomic mass is 16.5. The topological polar surface area (TPSA) is 116 Å². The third kappa shape index (κ3) is 7.56. The molecule has 2 N–H and O–H groups in total. The van der Waals surface area contributed by atoms with Crippen molar-refractivity contribution in [1.82, 2.24) is 10.3 Å². The van der Waals surface area contributed by atoms with Crippen LogP contribution in [0.2, 0.25) is 0 Å². The molecule has 0 atom stereocenters. The Morgan fingerprint density at radius 2 is 1.65 bits per heavy atom. The maximum atomic E-state index is 13.6. The molecule has 2 amide bonds. The standard InChI is InChI=1S/C40H45N3O6/c1-26-21-35(47-4)32(37(45)43-33-23-41-20-15-31(33)36(44)42-25-39(2)16-8-17-39)22-34(26)49-29-13-18-40(3,19-14-29)38(46)48-24-28-11-7-10-27-9-5-6-12-30(27)28/h5-7,9-12,15,20-23,29H,8,13-14,16-19,24-25H2,1-4H3,(H,42,44)(H,43,45). The molecule has 3 aromatic carbocycles. The molecule has 0 spiro atoms. The smallest absolute Gasteiger partial charge is 0.312 e. The number of rotatable bonds is 11. The van der Waals surface area contributed by atoms with E-state index in [2.05, 4.69) is 34.7 Å². The van der Waals surface area contributed by atoms with Crippen molar-refractivity contribution in [1.29, 1.82) is 0 Å². The SMILES string of the molecule is COc1cc(C)c(OC2CCC(C)(C(=O)OCc3cccc4ccccc34)CC2)cc1C(=O)Nc1cnccc1C(=O)NCC1(C)CCC1. The predicted octanol–water partition coefficient (Wildman–Crippen LogP) is 7.80. The van der Waals surface area contributed by atoms with Crippen molar-refractivity contribution in [2.24, 2.45) is 10.8 Å². The molecule has 2 aliphatic rings. The Labute approximate surface area is 287 Å². The largest absolute Gasteiger partial charge is 0.496 e. The second kappa shape index (κ2) is 14.3. The molecule has 9 nitrogen and oxygen atoms in total. The number of benzene rings is 3. The summed E-state index contributed by atoms with van der Waals surface area (Å²) in [5.41, 5.74) is 2.26. The monoisotopic (exact) mass is 663 g/mol. The summed E-state index contributed by atoms with van der Waals surface area (Å²) < 4.78 is 17.9. The predicted molar refractivity (Wildman–Crippen MR) is 189 cm³/mol. The van der Waals surface area contributed by atoms with Crippen LogP contribution in [0.5, 0.6) is 11.5 Å². The maximum Gasteiger partial charge on any atom is 0.312 e. The third-order valence-corrected chi connectivity index (χ3v) is 10.4. The lowest BCUT2D eigenvalue weighted by Gasteiger charge is -2.38. The molecule has 0 bridgehead atoms. The lowest BCUT2D eigenvalue weighted by Crippen LogP contribution is -2.40. The Balaban J connectivity index is 1.08. The van der Waals surface area contributed by atoms with E-state index in [1.807, 2.05) is 44.2 Å². The molecular formula is C40H45N3O6. The molecule has 1 heterocycles. The van der Waals surface area contributed by atoms with Gasteiger partial charge in [-0.2, -0.15) is 0 Å². The molecule has 2 fully saturated rings. The van der Waals surface area contributed by atoms with Gasteiger partial charge in [0.15, 0.2) is 0 Å². The molecule has 2 saturated carbocycles. The van der Waals surface area contributed by atoms with Gasteiger partial charge in [0, 0.05) is 12.7 Å². The fraction of sp³-hybridized carbons (Fsp3) is 0.400. The average Bonchev–Trinajstić information content (AvgIpc) is 3.10. The van der Waals surface area contributed by atoms with E-state index < -0.39 is 11.3 Å². The number of anilines is 1. The van der Waals surface area contributed by atoms with E-state index in [0.717, 1.165) is 34.7 Å². The van der Waals surface area contributed by atoms with Crippen LogP contribution in [0.1, 0.15) is 90.6 Å². The minimum atomic E-state index is -0.603. The van der Waals surface area contributed by atoms with Gasteiger partial charge in [-0.15, -0.1) is 0 Å². The minimum absolute atomic E-state index is 0.121. The number of carbonyl (C=O) groups is 3. The van der Waals surface area contributed by atoms with Gasteiger partial charge < -0.3 is 24.8 Å². The first kappa shape index (κ1) is 34.0. The Morgan fingerprint density at radius 3 is 2.39 bits per heavy atom. The molecule has 0 unspecified atom stereocenters. The number of methoxy groups -OCH3 is 1. The van der Waals surface area contributed by atoms with E-state index in [1.165, 1.54) is 25.9 Å². The number of nitrogens with zero attached hydrogens (tertiary/aromatic N) is 1. The second-order valence-electron chi connectivity index (χ2n) is 14.1. The van der Waals surface area contributed by atoms with E-state index in [4.69, 9.17) is 14.2 Å². The second-order valence-corrected chi connectivity index (χ2v) is 14.1. The minimum Gasteiger partial charge on any atom is -0.496 e. The zero-order valence-electron chi connectivity index (χ0n) is 28.8. The zero-order chi connectivity index (χ0) is 34.6. The maximum absolute atomic E-state index is 13.6. The number of pyridine rings is 1. The van der Waals surface area contributed by atoms with Crippen molar-refractivity contribution in [3.63, 3.8) is 0 Å². The van der Waals surface area contributed by atoms with E-state index >= 15 is 0 Å². The Hall–Kier alpha value is -4.92. The molecule has 49 heavy (non-hydrogen) atoms. The summed E-state index contributed by atoms with van der Waals surface area (Å²) in [6, 6.07) is 19.2. The number of fused-ring (bicyclic) bond motifs is 1. The fourth-order valence-electron chi connectivity index (χ4n) is 6.83. The van der Waals surface area contributed by atoms with Crippen LogP contribution in [0.4, 0.5) is 5.69 Å². The van der Waals surface area contributed by atoms with Crippen molar-refractivity contribution < 1.29 is 28.6 Å². The van der Waals surface area contributed by atoms with Crippen molar-refractivity contribution in [3.8, 4) is 11.5 Å². The van der Waals surface area contributed by atoms with Crippen LogP contribution in [-0.4, -0.2) is 42.5 Å². The fourth-order valence-corrected chi connectivity index (χ4v) is 6.83. The van der Waals surface area contributed by atoms with Gasteiger partial charge in [-0.3, -0.25) is 19.4 Å². The summed E-state index contributed by atoms with van der Waals surface area (Å²) >= 11 is 0. The van der Waals surface area contributed by atoms with Crippen molar-refractivity contribution in [3.05, 3.63) is 95.3 Å². The summed E-state index contributed by atoms with van der Waals surface area (Å²) in [5, 5.41) is 8.09. The van der Waals surface area contributed by atoms with E-state index in [0.29, 0.717) is 55.0 Å². The van der Waals surface area contributed by atoms with Gasteiger partial charge in [0.25, 0.3) is 11.8 Å². The molecule has 0 radical (unpaired) electrons.